The lowest BCUT2D eigenvalue weighted by molar-refractivity contribution is -0.0139. The van der Waals surface area contributed by atoms with Crippen LogP contribution in [0.3, 0.4) is 0 Å². The fourth-order valence-corrected chi connectivity index (χ4v) is 5.29. The Morgan fingerprint density at radius 1 is 0.265 bits per heavy atom. The van der Waals surface area contributed by atoms with Crippen LogP contribution in [0.1, 0.15) is 32.3 Å². The van der Waals surface area contributed by atoms with Crippen molar-refractivity contribution in [3.63, 3.8) is 0 Å². The van der Waals surface area contributed by atoms with Gasteiger partial charge in [0.15, 0.2) is 0 Å². The minimum atomic E-state index is 0.225. The van der Waals surface area contributed by atoms with Gasteiger partial charge in [-0.2, -0.15) is 0 Å². The number of phenols is 1. The van der Waals surface area contributed by atoms with Crippen molar-refractivity contribution in [1.82, 2.24) is 0 Å². The third-order valence-corrected chi connectivity index (χ3v) is 8.68. The highest BCUT2D eigenvalue weighted by Crippen LogP contribution is 2.18. The van der Waals surface area contributed by atoms with Crippen molar-refractivity contribution >= 4 is 0 Å². The Morgan fingerprint density at radius 3 is 0.779 bits per heavy atom. The maximum Gasteiger partial charge on any atom is 0.119 e. The van der Waals surface area contributed by atoms with E-state index in [0.717, 1.165) is 43.1 Å². The van der Waals surface area contributed by atoms with Gasteiger partial charge >= 0.3 is 0 Å². The van der Waals surface area contributed by atoms with Gasteiger partial charge in [-0.3, -0.25) is 0 Å². The molecule has 0 aromatic heterocycles. The summed E-state index contributed by atoms with van der Waals surface area (Å²) in [6.45, 7) is 20.2. The molecule has 17 heteroatoms. The van der Waals surface area contributed by atoms with Crippen molar-refractivity contribution in [3.8, 4) is 23.0 Å². The minimum absolute atomic E-state index is 0.225. The van der Waals surface area contributed by atoms with Crippen LogP contribution in [-0.2, 0) is 68.2 Å². The minimum Gasteiger partial charge on any atom is -0.508 e. The van der Waals surface area contributed by atoms with Crippen LogP contribution in [0, 0.1) is 0 Å². The van der Waals surface area contributed by atoms with Gasteiger partial charge in [-0.25, -0.2) is 0 Å². The highest BCUT2D eigenvalue weighted by Gasteiger charge is 2.00. The molecule has 0 heterocycles. The van der Waals surface area contributed by atoms with E-state index in [1.165, 1.54) is 0 Å². The summed E-state index contributed by atoms with van der Waals surface area (Å²) in [6.07, 6.45) is 2.05. The monoisotopic (exact) mass is 967 g/mol. The molecule has 0 bridgehead atoms. The molecule has 0 radical (unpaired) electrons. The van der Waals surface area contributed by atoms with E-state index in [0.29, 0.717) is 184 Å². The molecule has 0 spiro atoms. The molecule has 0 aliphatic carbocycles. The second kappa shape index (κ2) is 48.4. The summed E-state index contributed by atoms with van der Waals surface area (Å²) < 4.78 is 87.7. The number of hydrogen-bond donors (Lipinski definition) is 1. The van der Waals surface area contributed by atoms with Crippen LogP contribution in [-0.4, -0.2) is 190 Å². The van der Waals surface area contributed by atoms with Gasteiger partial charge in [-0.1, -0.05) is 44.2 Å². The molecule has 388 valence electrons. The summed E-state index contributed by atoms with van der Waals surface area (Å²) in [5.74, 6) is 2.45. The lowest BCUT2D eigenvalue weighted by atomic mass is 10.2. The molecule has 0 amide bonds. The predicted molar refractivity (Wildman–Crippen MR) is 258 cm³/mol. The van der Waals surface area contributed by atoms with E-state index >= 15 is 0 Å². The fourth-order valence-electron chi connectivity index (χ4n) is 5.29. The predicted octanol–water partition coefficient (Wildman–Crippen LogP) is 6.45. The lowest BCUT2D eigenvalue weighted by Crippen LogP contribution is -2.14. The molecular weight excluding hydrogens is 885 g/mol. The van der Waals surface area contributed by atoms with E-state index < -0.39 is 0 Å². The molecule has 1 N–H and O–H groups in total. The molecule has 0 unspecified atom stereocenters. The van der Waals surface area contributed by atoms with Gasteiger partial charge in [-0.15, -0.1) is 0 Å². The molecule has 0 saturated carbocycles. The smallest absolute Gasteiger partial charge is 0.119 e. The van der Waals surface area contributed by atoms with Crippen molar-refractivity contribution in [2.24, 2.45) is 0 Å². The first kappa shape index (κ1) is 60.5. The SMILES string of the molecule is CCCOCCOCCOCCOCCOc1ccc(O)cc1.CCCOCCOCCOCCOCCOc1ccc(OCCOCCOCCOCCOCCOCc2ccccc2)cc1. The van der Waals surface area contributed by atoms with Crippen molar-refractivity contribution in [3.05, 3.63) is 84.4 Å². The second-order valence-corrected chi connectivity index (χ2v) is 14.4. The van der Waals surface area contributed by atoms with Gasteiger partial charge in [0, 0.05) is 13.2 Å². The Labute approximate surface area is 405 Å². The first-order chi connectivity index (χ1) is 33.7. The second-order valence-electron chi connectivity index (χ2n) is 14.4. The zero-order chi connectivity index (χ0) is 48.3. The topological polar surface area (TPSA) is 168 Å². The third kappa shape index (κ3) is 40.2. The van der Waals surface area contributed by atoms with E-state index in [1.54, 1.807) is 24.3 Å². The maximum atomic E-state index is 9.14. The molecule has 0 fully saturated rings. The van der Waals surface area contributed by atoms with Crippen molar-refractivity contribution in [1.29, 1.82) is 0 Å². The molecule has 0 atom stereocenters. The molecule has 3 aromatic carbocycles. The Morgan fingerprint density at radius 2 is 0.500 bits per heavy atom. The normalized spacial score (nSPS) is 11.1. The molecule has 3 aromatic rings. The Hall–Kier alpha value is -3.66. The van der Waals surface area contributed by atoms with E-state index in [9.17, 15) is 0 Å². The average molecular weight is 967 g/mol. The number of ether oxygens (including phenoxy) is 16. The Kier molecular flexibility index (Phi) is 43.0. The van der Waals surface area contributed by atoms with E-state index in [2.05, 4.69) is 13.8 Å². The molecule has 0 saturated heterocycles. The summed E-state index contributed by atoms with van der Waals surface area (Å²) in [5.41, 5.74) is 1.16. The van der Waals surface area contributed by atoms with E-state index in [-0.39, 0.29) is 5.75 Å². The van der Waals surface area contributed by atoms with Crippen LogP contribution >= 0.6 is 0 Å². The van der Waals surface area contributed by atoms with Gasteiger partial charge < -0.3 is 80.9 Å². The zero-order valence-electron chi connectivity index (χ0n) is 40.9. The summed E-state index contributed by atoms with van der Waals surface area (Å²) in [6, 6.07) is 24.2. The largest absolute Gasteiger partial charge is 0.508 e. The van der Waals surface area contributed by atoms with E-state index in [1.807, 2.05) is 54.6 Å². The number of phenolic OH excluding ortho intramolecular Hbond substituents is 1. The van der Waals surface area contributed by atoms with Crippen LogP contribution in [0.5, 0.6) is 23.0 Å². The van der Waals surface area contributed by atoms with E-state index in [4.69, 9.17) is 80.9 Å². The summed E-state index contributed by atoms with van der Waals surface area (Å²) in [7, 11) is 0. The first-order valence-corrected chi connectivity index (χ1v) is 24.0. The van der Waals surface area contributed by atoms with Crippen LogP contribution in [0.2, 0.25) is 0 Å². The van der Waals surface area contributed by atoms with Crippen molar-refractivity contribution in [2.45, 2.75) is 33.3 Å². The molecule has 17 nitrogen and oxygen atoms in total. The summed E-state index contributed by atoms with van der Waals surface area (Å²) >= 11 is 0. The Balaban J connectivity index is 0.000000578. The van der Waals surface area contributed by atoms with Gasteiger partial charge in [-0.05, 0) is 66.9 Å². The summed E-state index contributed by atoms with van der Waals surface area (Å²) in [4.78, 5) is 0. The van der Waals surface area contributed by atoms with Gasteiger partial charge in [0.1, 0.15) is 42.8 Å². The molecule has 3 rings (SSSR count). The van der Waals surface area contributed by atoms with Crippen molar-refractivity contribution in [2.75, 3.05) is 185 Å². The highest BCUT2D eigenvalue weighted by molar-refractivity contribution is 5.31. The van der Waals surface area contributed by atoms with Gasteiger partial charge in [0.2, 0.25) is 0 Å². The van der Waals surface area contributed by atoms with Gasteiger partial charge in [0.05, 0.1) is 159 Å². The fraction of sp³-hybridized carbons (Fsp3) is 0.647. The van der Waals surface area contributed by atoms with Crippen LogP contribution < -0.4 is 14.2 Å². The number of benzene rings is 3. The molecule has 0 aliphatic rings. The summed E-state index contributed by atoms with van der Waals surface area (Å²) in [5, 5.41) is 9.14. The Bertz CT molecular complexity index is 1440. The number of rotatable bonds is 48. The highest BCUT2D eigenvalue weighted by atomic mass is 16.6. The van der Waals surface area contributed by atoms with Crippen molar-refractivity contribution < 1.29 is 80.9 Å². The van der Waals surface area contributed by atoms with Crippen LogP contribution in [0.4, 0.5) is 0 Å². The zero-order valence-corrected chi connectivity index (χ0v) is 40.9. The van der Waals surface area contributed by atoms with Crippen LogP contribution in [0.15, 0.2) is 78.9 Å². The van der Waals surface area contributed by atoms with Gasteiger partial charge in [0.25, 0.3) is 0 Å². The molecule has 0 aliphatic heterocycles. The third-order valence-electron chi connectivity index (χ3n) is 8.68. The van der Waals surface area contributed by atoms with Crippen LogP contribution in [0.25, 0.3) is 0 Å². The average Bonchev–Trinajstić information content (AvgIpc) is 3.36. The number of aromatic hydroxyl groups is 1. The lowest BCUT2D eigenvalue weighted by Gasteiger charge is -2.10. The number of hydrogen-bond acceptors (Lipinski definition) is 17. The first-order valence-electron chi connectivity index (χ1n) is 24.0. The quantitative estimate of drug-likeness (QED) is 0.0613. The maximum absolute atomic E-state index is 9.14. The molecule has 68 heavy (non-hydrogen) atoms. The molecular formula is C51H82O17. The standard InChI is InChI=1S/C34H54O11.C17H28O6/c1-2-12-35-13-14-36-15-16-38-21-23-41-27-29-44-33-8-10-34(11-9-33)45-30-28-42-24-22-39-18-17-37-19-20-40-25-26-43-31-32-6-4-3-5-7-32;1-2-7-19-8-9-20-10-11-21-12-13-22-14-15-23-17-5-3-16(18)4-6-17/h3-11H,2,12-31H2,1H3;3-6,18H,2,7-15H2,1H3.